The van der Waals surface area contributed by atoms with E-state index in [1.54, 1.807) is 11.8 Å². The minimum absolute atomic E-state index is 0.0449. The molecule has 0 aromatic heterocycles. The van der Waals surface area contributed by atoms with E-state index in [1.807, 2.05) is 6.26 Å². The van der Waals surface area contributed by atoms with Gasteiger partial charge in [-0.1, -0.05) is 0 Å². The van der Waals surface area contributed by atoms with Crippen LogP contribution in [0.2, 0.25) is 0 Å². The second-order valence-electron chi connectivity index (χ2n) is 3.37. The third kappa shape index (κ3) is 3.66. The summed E-state index contributed by atoms with van der Waals surface area (Å²) in [6.45, 7) is 0.620. The maximum Gasteiger partial charge on any atom is 0.253 e. The van der Waals surface area contributed by atoms with E-state index in [-0.39, 0.29) is 11.7 Å². The molecule has 0 aliphatic rings. The number of hydrogen-bond acceptors (Lipinski definition) is 4. The van der Waals surface area contributed by atoms with Crippen LogP contribution in [0.15, 0.2) is 18.2 Å². The molecule has 0 aliphatic carbocycles. The lowest BCUT2D eigenvalue weighted by Crippen LogP contribution is -2.25. The van der Waals surface area contributed by atoms with Crippen molar-refractivity contribution in [1.29, 1.82) is 0 Å². The lowest BCUT2D eigenvalue weighted by molar-refractivity contribution is 0.0954. The van der Waals surface area contributed by atoms with Gasteiger partial charge in [-0.05, 0) is 36.6 Å². The van der Waals surface area contributed by atoms with Gasteiger partial charge in [-0.25, -0.2) is 0 Å². The second kappa shape index (κ2) is 6.27. The molecule has 0 aliphatic heterocycles. The van der Waals surface area contributed by atoms with E-state index in [2.05, 4.69) is 5.32 Å². The molecule has 1 aromatic carbocycles. The molecule has 0 atom stereocenters. The number of anilines is 1. The predicted molar refractivity (Wildman–Crippen MR) is 67.9 cm³/mol. The van der Waals surface area contributed by atoms with Crippen molar-refractivity contribution < 1.29 is 9.90 Å². The molecule has 0 unspecified atom stereocenters. The van der Waals surface area contributed by atoms with Crippen LogP contribution in [0.5, 0.6) is 5.75 Å². The van der Waals surface area contributed by atoms with E-state index >= 15 is 0 Å². The van der Waals surface area contributed by atoms with Gasteiger partial charge in [0.05, 0.1) is 5.56 Å². The summed E-state index contributed by atoms with van der Waals surface area (Å²) < 4.78 is 0. The summed E-state index contributed by atoms with van der Waals surface area (Å²) >= 11 is 1.74. The molecule has 0 saturated heterocycles. The van der Waals surface area contributed by atoms with Gasteiger partial charge >= 0.3 is 0 Å². The third-order valence-corrected chi connectivity index (χ3v) is 2.79. The molecule has 88 valence electrons. The fourth-order valence-corrected chi connectivity index (χ4v) is 1.69. The summed E-state index contributed by atoms with van der Waals surface area (Å²) in [7, 11) is 0. The van der Waals surface area contributed by atoms with Gasteiger partial charge in [-0.15, -0.1) is 0 Å². The zero-order valence-corrected chi connectivity index (χ0v) is 10.0. The normalized spacial score (nSPS) is 10.1. The lowest BCUT2D eigenvalue weighted by atomic mass is 10.1. The number of carbonyl (C=O) groups excluding carboxylic acids is 1. The highest BCUT2D eigenvalue weighted by atomic mass is 32.2. The minimum atomic E-state index is -0.241. The van der Waals surface area contributed by atoms with E-state index in [0.29, 0.717) is 17.8 Å². The summed E-state index contributed by atoms with van der Waals surface area (Å²) in [5.41, 5.74) is 6.34. The van der Waals surface area contributed by atoms with Crippen LogP contribution in [0.1, 0.15) is 16.8 Å². The number of amides is 1. The number of hydrogen-bond donors (Lipinski definition) is 3. The first-order valence-electron chi connectivity index (χ1n) is 5.00. The lowest BCUT2D eigenvalue weighted by Gasteiger charge is -2.07. The second-order valence-corrected chi connectivity index (χ2v) is 4.36. The van der Waals surface area contributed by atoms with Crippen LogP contribution in [0, 0.1) is 0 Å². The first kappa shape index (κ1) is 12.7. The van der Waals surface area contributed by atoms with E-state index in [0.717, 1.165) is 12.2 Å². The van der Waals surface area contributed by atoms with Crippen LogP contribution in [0.3, 0.4) is 0 Å². The van der Waals surface area contributed by atoms with Crippen LogP contribution in [-0.4, -0.2) is 29.6 Å². The first-order chi connectivity index (χ1) is 7.65. The Morgan fingerprint density at radius 1 is 1.56 bits per heavy atom. The van der Waals surface area contributed by atoms with Crippen molar-refractivity contribution in [2.24, 2.45) is 0 Å². The van der Waals surface area contributed by atoms with Crippen molar-refractivity contribution in [3.8, 4) is 5.75 Å². The smallest absolute Gasteiger partial charge is 0.253 e. The minimum Gasteiger partial charge on any atom is -0.508 e. The molecule has 4 nitrogen and oxygen atoms in total. The van der Waals surface area contributed by atoms with E-state index < -0.39 is 0 Å². The van der Waals surface area contributed by atoms with Gasteiger partial charge in [0, 0.05) is 12.2 Å². The van der Waals surface area contributed by atoms with E-state index in [4.69, 9.17) is 5.73 Å². The molecule has 16 heavy (non-hydrogen) atoms. The van der Waals surface area contributed by atoms with Crippen LogP contribution in [0.25, 0.3) is 0 Å². The Morgan fingerprint density at radius 3 is 3.00 bits per heavy atom. The van der Waals surface area contributed by atoms with Crippen LogP contribution in [-0.2, 0) is 0 Å². The van der Waals surface area contributed by atoms with Crippen molar-refractivity contribution >= 4 is 23.4 Å². The number of nitrogens with one attached hydrogen (secondary N) is 1. The fourth-order valence-electron chi connectivity index (χ4n) is 1.25. The Balaban J connectivity index is 2.55. The molecule has 0 spiro atoms. The zero-order valence-electron chi connectivity index (χ0n) is 9.19. The highest BCUT2D eigenvalue weighted by Crippen LogP contribution is 2.18. The average Bonchev–Trinajstić information content (AvgIpc) is 2.27. The largest absolute Gasteiger partial charge is 0.508 e. The molecule has 1 aromatic rings. The maximum atomic E-state index is 11.7. The summed E-state index contributed by atoms with van der Waals surface area (Å²) in [4.78, 5) is 11.7. The molecule has 4 N–H and O–H groups in total. The Labute approximate surface area is 99.2 Å². The van der Waals surface area contributed by atoms with E-state index in [9.17, 15) is 9.90 Å². The monoisotopic (exact) mass is 240 g/mol. The number of aromatic hydroxyl groups is 1. The fraction of sp³-hybridized carbons (Fsp3) is 0.364. The molecule has 1 rings (SSSR count). The molecule has 0 saturated carbocycles. The van der Waals surface area contributed by atoms with Crippen molar-refractivity contribution in [2.45, 2.75) is 6.42 Å². The summed E-state index contributed by atoms with van der Waals surface area (Å²) in [6, 6.07) is 4.35. The molecule has 0 bridgehead atoms. The molecule has 0 fully saturated rings. The number of phenolic OH excluding ortho intramolecular Hbond substituents is 1. The first-order valence-corrected chi connectivity index (χ1v) is 6.40. The number of nitrogen functional groups attached to an aromatic ring is 1. The Kier molecular flexibility index (Phi) is 4.98. The SMILES string of the molecule is CSCCCNC(=O)c1cc(O)ccc1N. The summed E-state index contributed by atoms with van der Waals surface area (Å²) in [6.07, 6.45) is 2.95. The molecule has 1 amide bonds. The van der Waals surface area contributed by atoms with Crippen molar-refractivity contribution in [2.75, 3.05) is 24.3 Å². The molecular weight excluding hydrogens is 224 g/mol. The Bertz CT molecular complexity index is 369. The number of carbonyl (C=O) groups is 1. The van der Waals surface area contributed by atoms with Gasteiger partial charge in [-0.2, -0.15) is 11.8 Å². The van der Waals surface area contributed by atoms with Crippen molar-refractivity contribution in [1.82, 2.24) is 5.32 Å². The molecule has 0 heterocycles. The van der Waals surface area contributed by atoms with Crippen molar-refractivity contribution in [3.05, 3.63) is 23.8 Å². The average molecular weight is 240 g/mol. The topological polar surface area (TPSA) is 75.3 Å². The highest BCUT2D eigenvalue weighted by Gasteiger charge is 2.09. The maximum absolute atomic E-state index is 11.7. The zero-order chi connectivity index (χ0) is 12.0. The molecule has 0 radical (unpaired) electrons. The number of benzene rings is 1. The predicted octanol–water partition coefficient (Wildman–Crippen LogP) is 1.46. The Hall–Kier alpha value is -1.36. The van der Waals surface area contributed by atoms with Gasteiger partial charge in [-0.3, -0.25) is 4.79 Å². The summed E-state index contributed by atoms with van der Waals surface area (Å²) in [5.74, 6) is 0.813. The van der Waals surface area contributed by atoms with Crippen LogP contribution < -0.4 is 11.1 Å². The molecule has 5 heteroatoms. The van der Waals surface area contributed by atoms with Gasteiger partial charge < -0.3 is 16.2 Å². The standard InChI is InChI=1S/C11H16N2O2S/c1-16-6-2-5-13-11(15)9-7-8(14)3-4-10(9)12/h3-4,7,14H,2,5-6,12H2,1H3,(H,13,15). The quantitative estimate of drug-likeness (QED) is 0.414. The number of thioether (sulfide) groups is 1. The number of phenols is 1. The Morgan fingerprint density at radius 2 is 2.31 bits per heavy atom. The number of nitrogens with two attached hydrogens (primary N) is 1. The molecular formula is C11H16N2O2S. The van der Waals surface area contributed by atoms with Gasteiger partial charge in [0.2, 0.25) is 0 Å². The van der Waals surface area contributed by atoms with Gasteiger partial charge in [0.25, 0.3) is 5.91 Å². The van der Waals surface area contributed by atoms with Gasteiger partial charge in [0.1, 0.15) is 5.75 Å². The van der Waals surface area contributed by atoms with Crippen molar-refractivity contribution in [3.63, 3.8) is 0 Å². The third-order valence-electron chi connectivity index (χ3n) is 2.09. The van der Waals surface area contributed by atoms with E-state index in [1.165, 1.54) is 18.2 Å². The van der Waals surface area contributed by atoms with Gasteiger partial charge in [0.15, 0.2) is 0 Å². The number of rotatable bonds is 5. The van der Waals surface area contributed by atoms with Crippen LogP contribution in [0.4, 0.5) is 5.69 Å². The summed E-state index contributed by atoms with van der Waals surface area (Å²) in [5, 5.41) is 12.0. The van der Waals surface area contributed by atoms with Crippen LogP contribution >= 0.6 is 11.8 Å². The highest BCUT2D eigenvalue weighted by molar-refractivity contribution is 7.98.